The number of anilines is 2. The molecule has 0 saturated carbocycles. The van der Waals surface area contributed by atoms with Gasteiger partial charge >= 0.3 is 0 Å². The number of carbonyl (C=O) groups excluding carboxylic acids is 2. The molecule has 2 amide bonds. The van der Waals surface area contributed by atoms with Crippen LogP contribution in [-0.4, -0.2) is 24.0 Å². The predicted molar refractivity (Wildman–Crippen MR) is 125 cm³/mol. The first kappa shape index (κ1) is 21.5. The minimum absolute atomic E-state index is 0.119. The summed E-state index contributed by atoms with van der Waals surface area (Å²) in [5.74, 6) is -0.349. The highest BCUT2D eigenvalue weighted by Gasteiger charge is 2.13. The van der Waals surface area contributed by atoms with Crippen LogP contribution in [0.4, 0.5) is 11.4 Å². The van der Waals surface area contributed by atoms with Crippen LogP contribution in [0.25, 0.3) is 0 Å². The molecular weight excluding hydrogens is 418 g/mol. The van der Waals surface area contributed by atoms with Crippen molar-refractivity contribution in [3.8, 4) is 0 Å². The van der Waals surface area contributed by atoms with Crippen LogP contribution < -0.4 is 15.5 Å². The first-order valence-electron chi connectivity index (χ1n) is 9.21. The molecule has 0 heterocycles. The zero-order valence-corrected chi connectivity index (χ0v) is 17.8. The summed E-state index contributed by atoms with van der Waals surface area (Å²) in [6.07, 6.45) is 0.193. The zero-order valence-electron chi connectivity index (χ0n) is 16.3. The number of para-hydroxylation sites is 1. The molecule has 0 radical (unpaired) electrons. The Morgan fingerprint density at radius 1 is 0.933 bits per heavy atom. The number of hydrogen-bond acceptors (Lipinski definition) is 3. The number of halogens is 1. The van der Waals surface area contributed by atoms with E-state index >= 15 is 0 Å². The number of benzene rings is 3. The third-order valence-electron chi connectivity index (χ3n) is 4.37. The summed E-state index contributed by atoms with van der Waals surface area (Å²) < 4.78 is 0. The molecule has 3 rings (SSSR count). The first-order valence-corrected chi connectivity index (χ1v) is 9.99. The molecule has 0 aliphatic rings. The van der Waals surface area contributed by atoms with Crippen LogP contribution in [0.1, 0.15) is 15.9 Å². The maximum absolute atomic E-state index is 12.6. The molecule has 0 aliphatic carbocycles. The van der Waals surface area contributed by atoms with E-state index in [1.165, 1.54) is 0 Å². The van der Waals surface area contributed by atoms with E-state index in [2.05, 4.69) is 10.6 Å². The topological polar surface area (TPSA) is 61.4 Å². The third kappa shape index (κ3) is 5.89. The Balaban J connectivity index is 1.54. The molecule has 0 aliphatic heterocycles. The van der Waals surface area contributed by atoms with Gasteiger partial charge in [-0.3, -0.25) is 9.59 Å². The second kappa shape index (κ2) is 10.0. The Bertz CT molecular complexity index is 1040. The molecule has 7 heteroatoms. The van der Waals surface area contributed by atoms with Crippen molar-refractivity contribution in [2.45, 2.75) is 6.42 Å². The molecule has 0 unspecified atom stereocenters. The van der Waals surface area contributed by atoms with E-state index in [1.54, 1.807) is 60.5 Å². The molecule has 5 nitrogen and oxygen atoms in total. The Morgan fingerprint density at radius 2 is 1.57 bits per heavy atom. The average molecular weight is 438 g/mol. The average Bonchev–Trinajstić information content (AvgIpc) is 2.75. The summed E-state index contributed by atoms with van der Waals surface area (Å²) in [7, 11) is 1.73. The lowest BCUT2D eigenvalue weighted by Crippen LogP contribution is -2.35. The van der Waals surface area contributed by atoms with Crippen molar-refractivity contribution in [2.24, 2.45) is 0 Å². The normalized spacial score (nSPS) is 10.2. The summed E-state index contributed by atoms with van der Waals surface area (Å²) in [4.78, 5) is 26.3. The summed E-state index contributed by atoms with van der Waals surface area (Å²) in [6, 6.07) is 23.4. The third-order valence-corrected chi connectivity index (χ3v) is 4.82. The Labute approximate surface area is 185 Å². The van der Waals surface area contributed by atoms with Gasteiger partial charge in [0.25, 0.3) is 5.91 Å². The van der Waals surface area contributed by atoms with Gasteiger partial charge in [0.05, 0.1) is 6.42 Å². The van der Waals surface area contributed by atoms with Crippen molar-refractivity contribution in [3.63, 3.8) is 0 Å². The van der Waals surface area contributed by atoms with E-state index in [0.717, 1.165) is 11.3 Å². The number of amides is 2. The van der Waals surface area contributed by atoms with Gasteiger partial charge in [-0.1, -0.05) is 41.9 Å². The van der Waals surface area contributed by atoms with Crippen LogP contribution in [0.15, 0.2) is 78.9 Å². The predicted octanol–water partition coefficient (Wildman–Crippen LogP) is 4.67. The maximum Gasteiger partial charge on any atom is 0.258 e. The van der Waals surface area contributed by atoms with Gasteiger partial charge in [-0.15, -0.1) is 0 Å². The van der Waals surface area contributed by atoms with Gasteiger partial charge < -0.3 is 15.5 Å². The Hall–Kier alpha value is -3.22. The summed E-state index contributed by atoms with van der Waals surface area (Å²) >= 11 is 11.0. The number of thiocarbonyl (C=S) groups is 1. The summed E-state index contributed by atoms with van der Waals surface area (Å²) in [5.41, 5.74) is 2.87. The largest absolute Gasteiger partial charge is 0.332 e. The number of nitrogens with one attached hydrogen (secondary N) is 2. The molecule has 3 aromatic carbocycles. The highest BCUT2D eigenvalue weighted by molar-refractivity contribution is 7.80. The van der Waals surface area contributed by atoms with Crippen molar-refractivity contribution in [1.29, 1.82) is 0 Å². The highest BCUT2D eigenvalue weighted by Crippen LogP contribution is 2.16. The molecule has 0 aromatic heterocycles. The molecule has 3 aromatic rings. The minimum Gasteiger partial charge on any atom is -0.332 e. The lowest BCUT2D eigenvalue weighted by Gasteiger charge is -2.17. The second-order valence-corrected chi connectivity index (χ2v) is 7.43. The van der Waals surface area contributed by atoms with Gasteiger partial charge in [-0.2, -0.15) is 0 Å². The molecule has 0 atom stereocenters. The molecule has 0 saturated heterocycles. The zero-order chi connectivity index (χ0) is 21.5. The molecule has 0 fully saturated rings. The summed E-state index contributed by atoms with van der Waals surface area (Å²) in [5, 5.41) is 6.40. The van der Waals surface area contributed by atoms with Crippen molar-refractivity contribution >= 4 is 52.1 Å². The summed E-state index contributed by atoms with van der Waals surface area (Å²) in [6.45, 7) is 0. The van der Waals surface area contributed by atoms with Gasteiger partial charge in [-0.05, 0) is 66.3 Å². The molecule has 0 bridgehead atoms. The van der Waals surface area contributed by atoms with E-state index < -0.39 is 0 Å². The monoisotopic (exact) mass is 437 g/mol. The molecule has 30 heavy (non-hydrogen) atoms. The van der Waals surface area contributed by atoms with Crippen LogP contribution in [0.5, 0.6) is 0 Å². The quantitative estimate of drug-likeness (QED) is 0.569. The van der Waals surface area contributed by atoms with E-state index in [1.807, 2.05) is 30.3 Å². The van der Waals surface area contributed by atoms with Gasteiger partial charge in [-0.25, -0.2) is 0 Å². The highest BCUT2D eigenvalue weighted by atomic mass is 35.5. The van der Waals surface area contributed by atoms with Gasteiger partial charge in [0.15, 0.2) is 5.11 Å². The van der Waals surface area contributed by atoms with E-state index in [0.29, 0.717) is 16.3 Å². The van der Waals surface area contributed by atoms with Crippen molar-refractivity contribution in [3.05, 3.63) is 95.0 Å². The maximum atomic E-state index is 12.6. The fourth-order valence-corrected chi connectivity index (χ4v) is 3.14. The SMILES string of the molecule is CN(C(=O)c1ccc(NC(=S)NC(=O)Cc2ccc(Cl)cc2)cc1)c1ccccc1. The second-order valence-electron chi connectivity index (χ2n) is 6.58. The standard InChI is InChI=1S/C23H20ClN3O2S/c1-27(20-5-3-2-4-6-20)22(29)17-9-13-19(14-10-17)25-23(30)26-21(28)15-16-7-11-18(24)12-8-16/h2-14H,15H2,1H3,(H2,25,26,28,30). The van der Waals surface area contributed by atoms with Gasteiger partial charge in [0.2, 0.25) is 5.91 Å². The number of rotatable bonds is 5. The van der Waals surface area contributed by atoms with E-state index in [4.69, 9.17) is 23.8 Å². The Kier molecular flexibility index (Phi) is 7.17. The van der Waals surface area contributed by atoms with Crippen LogP contribution in [0, 0.1) is 0 Å². The van der Waals surface area contributed by atoms with Crippen molar-refractivity contribution in [2.75, 3.05) is 17.3 Å². The number of nitrogens with zero attached hydrogens (tertiary/aromatic N) is 1. The van der Waals surface area contributed by atoms with Gasteiger partial charge in [0.1, 0.15) is 0 Å². The lowest BCUT2D eigenvalue weighted by molar-refractivity contribution is -0.119. The lowest BCUT2D eigenvalue weighted by atomic mass is 10.1. The van der Waals surface area contributed by atoms with Crippen LogP contribution in [0.2, 0.25) is 5.02 Å². The first-order chi connectivity index (χ1) is 14.4. The van der Waals surface area contributed by atoms with E-state index in [-0.39, 0.29) is 23.3 Å². The van der Waals surface area contributed by atoms with Crippen molar-refractivity contribution in [1.82, 2.24) is 5.32 Å². The van der Waals surface area contributed by atoms with E-state index in [9.17, 15) is 9.59 Å². The number of carbonyl (C=O) groups is 2. The minimum atomic E-state index is -0.230. The van der Waals surface area contributed by atoms with Crippen LogP contribution >= 0.6 is 23.8 Å². The Morgan fingerprint density at radius 3 is 2.20 bits per heavy atom. The number of hydrogen-bond donors (Lipinski definition) is 2. The fraction of sp³-hybridized carbons (Fsp3) is 0.0870. The molecular formula is C23H20ClN3O2S. The van der Waals surface area contributed by atoms with Crippen molar-refractivity contribution < 1.29 is 9.59 Å². The van der Waals surface area contributed by atoms with Gasteiger partial charge in [0, 0.05) is 29.0 Å². The molecule has 152 valence electrons. The molecule has 2 N–H and O–H groups in total. The van der Waals surface area contributed by atoms with Crippen LogP contribution in [-0.2, 0) is 11.2 Å². The molecule has 0 spiro atoms. The van der Waals surface area contributed by atoms with Crippen LogP contribution in [0.3, 0.4) is 0 Å². The fourth-order valence-electron chi connectivity index (χ4n) is 2.78. The smallest absolute Gasteiger partial charge is 0.258 e.